The van der Waals surface area contributed by atoms with Crippen molar-refractivity contribution in [3.63, 3.8) is 0 Å². The molecule has 0 heterocycles. The number of rotatable bonds is 5. The van der Waals surface area contributed by atoms with Crippen molar-refractivity contribution in [2.75, 3.05) is 18.6 Å². The highest BCUT2D eigenvalue weighted by Crippen LogP contribution is 2.27. The van der Waals surface area contributed by atoms with Crippen LogP contribution in [0.4, 0.5) is 4.79 Å². The van der Waals surface area contributed by atoms with Crippen molar-refractivity contribution in [2.45, 2.75) is 44.1 Å². The number of carboxylic acid groups (broad SMARTS) is 1. The number of urea groups is 1. The molecule has 19 heavy (non-hydrogen) atoms. The molecule has 0 radical (unpaired) electrons. The molecule has 1 unspecified atom stereocenters. The number of carboxylic acids is 1. The van der Waals surface area contributed by atoms with Gasteiger partial charge in [-0.15, -0.1) is 0 Å². The summed E-state index contributed by atoms with van der Waals surface area (Å²) in [5, 5.41) is 14.5. The van der Waals surface area contributed by atoms with Gasteiger partial charge in [0.1, 0.15) is 5.54 Å². The third-order valence-electron chi connectivity index (χ3n) is 3.39. The molecule has 6 nitrogen and oxygen atoms in total. The SMILES string of the molecule is CS(=O)CCNC(=O)NC1(C(=O)O)CCCCCC1. The second kappa shape index (κ2) is 7.47. The quantitative estimate of drug-likeness (QED) is 0.654. The van der Waals surface area contributed by atoms with Crippen LogP contribution in [0.2, 0.25) is 0 Å². The van der Waals surface area contributed by atoms with Crippen LogP contribution in [-0.2, 0) is 15.6 Å². The molecule has 0 aliphatic heterocycles. The van der Waals surface area contributed by atoms with Gasteiger partial charge in [0.2, 0.25) is 0 Å². The number of amides is 2. The van der Waals surface area contributed by atoms with Gasteiger partial charge in [0.15, 0.2) is 0 Å². The minimum absolute atomic E-state index is 0.282. The Kier molecular flexibility index (Phi) is 6.27. The third kappa shape index (κ3) is 5.18. The third-order valence-corrected chi connectivity index (χ3v) is 4.17. The van der Waals surface area contributed by atoms with Crippen LogP contribution < -0.4 is 10.6 Å². The maximum Gasteiger partial charge on any atom is 0.329 e. The van der Waals surface area contributed by atoms with Gasteiger partial charge in [0, 0.05) is 29.4 Å². The molecule has 3 N–H and O–H groups in total. The van der Waals surface area contributed by atoms with Gasteiger partial charge >= 0.3 is 12.0 Å². The van der Waals surface area contributed by atoms with Gasteiger partial charge in [-0.2, -0.15) is 0 Å². The van der Waals surface area contributed by atoms with E-state index in [4.69, 9.17) is 0 Å². The van der Waals surface area contributed by atoms with E-state index in [9.17, 15) is 18.9 Å². The number of hydrogen-bond acceptors (Lipinski definition) is 3. The van der Waals surface area contributed by atoms with Crippen LogP contribution in [0, 0.1) is 0 Å². The van der Waals surface area contributed by atoms with Crippen molar-refractivity contribution in [2.24, 2.45) is 0 Å². The molecule has 0 saturated heterocycles. The molecule has 0 spiro atoms. The summed E-state index contributed by atoms with van der Waals surface area (Å²) in [6.45, 7) is 0.282. The number of carbonyl (C=O) groups is 2. The highest BCUT2D eigenvalue weighted by atomic mass is 32.2. The van der Waals surface area contributed by atoms with Gasteiger partial charge in [-0.3, -0.25) is 4.21 Å². The molecule has 0 bridgehead atoms. The fraction of sp³-hybridized carbons (Fsp3) is 0.833. The first-order valence-corrected chi connectivity index (χ1v) is 8.28. The highest BCUT2D eigenvalue weighted by molar-refractivity contribution is 7.84. The van der Waals surface area contributed by atoms with Crippen LogP contribution in [0.15, 0.2) is 0 Å². The minimum atomic E-state index is -1.15. The zero-order valence-electron chi connectivity index (χ0n) is 11.2. The van der Waals surface area contributed by atoms with Gasteiger partial charge < -0.3 is 15.7 Å². The number of hydrogen-bond donors (Lipinski definition) is 3. The number of nitrogens with one attached hydrogen (secondary N) is 2. The van der Waals surface area contributed by atoms with Gasteiger partial charge in [-0.05, 0) is 12.8 Å². The Morgan fingerprint density at radius 1 is 1.21 bits per heavy atom. The van der Waals surface area contributed by atoms with Crippen molar-refractivity contribution in [3.05, 3.63) is 0 Å². The van der Waals surface area contributed by atoms with Crippen LogP contribution in [0.5, 0.6) is 0 Å². The molecule has 0 aromatic rings. The van der Waals surface area contributed by atoms with E-state index in [1.807, 2.05) is 0 Å². The smallest absolute Gasteiger partial charge is 0.329 e. The summed E-state index contributed by atoms with van der Waals surface area (Å²) in [6, 6.07) is -0.491. The number of carbonyl (C=O) groups excluding carboxylic acids is 1. The van der Waals surface area contributed by atoms with E-state index in [0.29, 0.717) is 18.6 Å². The van der Waals surface area contributed by atoms with Gasteiger partial charge in [-0.1, -0.05) is 25.7 Å². The first kappa shape index (κ1) is 15.9. The Hall–Kier alpha value is -1.11. The van der Waals surface area contributed by atoms with Crippen molar-refractivity contribution < 1.29 is 18.9 Å². The van der Waals surface area contributed by atoms with Gasteiger partial charge in [-0.25, -0.2) is 9.59 Å². The molecule has 2 amide bonds. The van der Waals surface area contributed by atoms with Crippen LogP contribution in [0.3, 0.4) is 0 Å². The largest absolute Gasteiger partial charge is 0.480 e. The summed E-state index contributed by atoms with van der Waals surface area (Å²) in [4.78, 5) is 23.2. The van der Waals surface area contributed by atoms with Crippen LogP contribution in [0.25, 0.3) is 0 Å². The van der Waals surface area contributed by atoms with Crippen molar-refractivity contribution in [1.29, 1.82) is 0 Å². The topological polar surface area (TPSA) is 95.5 Å². The van der Waals surface area contributed by atoms with Gasteiger partial charge in [0.05, 0.1) is 0 Å². The van der Waals surface area contributed by atoms with Crippen LogP contribution in [0.1, 0.15) is 38.5 Å². The Bertz CT molecular complexity index is 352. The predicted octanol–water partition coefficient (Wildman–Crippen LogP) is 0.842. The summed E-state index contributed by atoms with van der Waals surface area (Å²) >= 11 is 0. The van der Waals surface area contributed by atoms with Crippen LogP contribution >= 0.6 is 0 Å². The Morgan fingerprint density at radius 3 is 2.26 bits per heavy atom. The molecule has 1 rings (SSSR count). The molecule has 1 atom stereocenters. The molecule has 1 fully saturated rings. The highest BCUT2D eigenvalue weighted by Gasteiger charge is 2.39. The lowest BCUT2D eigenvalue weighted by Crippen LogP contribution is -2.57. The summed E-state index contributed by atoms with van der Waals surface area (Å²) in [5.74, 6) is -0.600. The Balaban J connectivity index is 2.55. The maximum absolute atomic E-state index is 11.7. The normalized spacial score (nSPS) is 20.1. The monoisotopic (exact) mass is 290 g/mol. The Labute approximate surface area is 115 Å². The molecular formula is C12H22N2O4S. The molecule has 0 aromatic carbocycles. The minimum Gasteiger partial charge on any atom is -0.480 e. The van der Waals surface area contributed by atoms with E-state index in [1.54, 1.807) is 6.26 Å². The average molecular weight is 290 g/mol. The van der Waals surface area contributed by atoms with Crippen molar-refractivity contribution in [1.82, 2.24) is 10.6 Å². The van der Waals surface area contributed by atoms with E-state index < -0.39 is 28.3 Å². The predicted molar refractivity (Wildman–Crippen MR) is 73.5 cm³/mol. The second-order valence-corrected chi connectivity index (χ2v) is 6.51. The molecule has 110 valence electrons. The zero-order chi connectivity index (χ0) is 14.3. The first-order chi connectivity index (χ1) is 8.96. The Morgan fingerprint density at radius 2 is 1.79 bits per heavy atom. The fourth-order valence-electron chi connectivity index (χ4n) is 2.29. The van der Waals surface area contributed by atoms with Crippen molar-refractivity contribution in [3.8, 4) is 0 Å². The van der Waals surface area contributed by atoms with E-state index in [-0.39, 0.29) is 6.54 Å². The van der Waals surface area contributed by atoms with Gasteiger partial charge in [0.25, 0.3) is 0 Å². The fourth-order valence-corrected chi connectivity index (χ4v) is 2.68. The first-order valence-electron chi connectivity index (χ1n) is 6.56. The standard InChI is InChI=1S/C12H22N2O4S/c1-19(18)9-8-13-11(17)14-12(10(15)16)6-4-2-3-5-7-12/h2-9H2,1H3,(H,15,16)(H2,13,14,17). The molecule has 1 saturated carbocycles. The summed E-state index contributed by atoms with van der Waals surface area (Å²) < 4.78 is 10.9. The second-order valence-electron chi connectivity index (χ2n) is 4.96. The lowest BCUT2D eigenvalue weighted by molar-refractivity contribution is -0.145. The van der Waals surface area contributed by atoms with Crippen molar-refractivity contribution >= 4 is 22.8 Å². The zero-order valence-corrected chi connectivity index (χ0v) is 12.1. The van der Waals surface area contributed by atoms with E-state index in [0.717, 1.165) is 25.7 Å². The van der Waals surface area contributed by atoms with E-state index in [1.165, 1.54) is 0 Å². The molecular weight excluding hydrogens is 268 g/mol. The summed E-state index contributed by atoms with van der Waals surface area (Å²) in [6.07, 6.45) is 6.13. The lowest BCUT2D eigenvalue weighted by Gasteiger charge is -2.29. The molecule has 1 aliphatic carbocycles. The number of aliphatic carboxylic acids is 1. The molecule has 7 heteroatoms. The summed E-state index contributed by atoms with van der Waals surface area (Å²) in [5.41, 5.74) is -1.15. The summed E-state index contributed by atoms with van der Waals surface area (Å²) in [7, 11) is -0.970. The molecule has 1 aliphatic rings. The van der Waals surface area contributed by atoms with E-state index in [2.05, 4.69) is 10.6 Å². The van der Waals surface area contributed by atoms with E-state index >= 15 is 0 Å². The molecule has 0 aromatic heterocycles. The maximum atomic E-state index is 11.7. The lowest BCUT2D eigenvalue weighted by atomic mass is 9.90. The van der Waals surface area contributed by atoms with Crippen LogP contribution in [-0.4, -0.2) is 45.4 Å². The average Bonchev–Trinajstić information content (AvgIpc) is 2.55.